The average molecular weight is 939 g/mol. The van der Waals surface area contributed by atoms with Crippen LogP contribution in [0.4, 0.5) is 11.4 Å². The molecule has 6 heterocycles. The summed E-state index contributed by atoms with van der Waals surface area (Å²) in [4.78, 5) is 13.1. The smallest absolute Gasteiger partial charge is 0.0822 e. The van der Waals surface area contributed by atoms with Gasteiger partial charge in [0.2, 0.25) is 0 Å². The monoisotopic (exact) mass is 936 g/mol. The molecule has 0 aliphatic carbocycles. The van der Waals surface area contributed by atoms with Crippen molar-refractivity contribution in [3.8, 4) is 22.5 Å². The number of rotatable bonds is 11. The van der Waals surface area contributed by atoms with E-state index in [1.165, 1.54) is 33.3 Å². The number of anilines is 2. The van der Waals surface area contributed by atoms with Crippen LogP contribution in [0.25, 0.3) is 44.3 Å². The van der Waals surface area contributed by atoms with Crippen molar-refractivity contribution in [2.75, 3.05) is 89.1 Å². The van der Waals surface area contributed by atoms with Crippen molar-refractivity contribution in [2.24, 2.45) is 0 Å². The number of hydrogen-bond acceptors (Lipinski definition) is 8. The van der Waals surface area contributed by atoms with E-state index < -0.39 is 0 Å². The van der Waals surface area contributed by atoms with Crippen molar-refractivity contribution in [2.45, 2.75) is 50.9 Å². The number of morpholine rings is 2. The molecular weight excluding hydrogens is 884 g/mol. The second kappa shape index (κ2) is 18.3. The predicted octanol–water partition coefficient (Wildman–Crippen LogP) is 9.76. The van der Waals surface area contributed by atoms with Gasteiger partial charge in [0.05, 0.1) is 81.3 Å². The Hall–Kier alpha value is -3.72. The number of hydrazine groups is 1. The third-order valence-electron chi connectivity index (χ3n) is 12.7. The molecule has 4 saturated heterocycles. The van der Waals surface area contributed by atoms with Crippen LogP contribution in [0, 0.1) is 0 Å². The highest BCUT2D eigenvalue weighted by Gasteiger charge is 2.37. The first-order valence-electron chi connectivity index (χ1n) is 21.7. The molecule has 10 nitrogen and oxygen atoms in total. The first-order valence-corrected chi connectivity index (χ1v) is 23.3. The van der Waals surface area contributed by atoms with Crippen molar-refractivity contribution in [3.05, 3.63) is 105 Å². The van der Waals surface area contributed by atoms with Gasteiger partial charge >= 0.3 is 0 Å². The molecule has 4 aliphatic rings. The summed E-state index contributed by atoms with van der Waals surface area (Å²) in [6.45, 7) is 11.4. The Morgan fingerprint density at radius 1 is 0.500 bits per heavy atom. The number of benzene rings is 4. The quantitative estimate of drug-likeness (QED) is 0.125. The number of fused-ring (bicyclic) bond motifs is 2. The van der Waals surface area contributed by atoms with Crippen LogP contribution < -0.4 is 10.0 Å². The number of ether oxygens (including phenoxy) is 4. The van der Waals surface area contributed by atoms with Gasteiger partial charge in [-0.2, -0.15) is 0 Å². The molecule has 0 spiro atoms. The lowest BCUT2D eigenvalue weighted by atomic mass is 10.0. The third kappa shape index (κ3) is 8.30. The van der Waals surface area contributed by atoms with Crippen LogP contribution in [0.15, 0.2) is 93.9 Å². The van der Waals surface area contributed by atoms with Crippen LogP contribution in [0.5, 0.6) is 0 Å². The Bertz CT molecular complexity index is 2220. The van der Waals surface area contributed by atoms with Crippen molar-refractivity contribution in [3.63, 3.8) is 0 Å². The SMILES string of the molecule is Brc1c(-c2ccccc2)[nH]c2c(N(C3CCOCC3)N(c3cc(CN4CCOCC4)cc4c(Br)c(-c5ccccc5)[nH]c34)C3CCOCC3)cc(CN3CCOCC3)cc12. The summed E-state index contributed by atoms with van der Waals surface area (Å²) in [5, 5.41) is 7.79. The van der Waals surface area contributed by atoms with Crippen LogP contribution in [0.3, 0.4) is 0 Å². The Labute approximate surface area is 369 Å². The van der Waals surface area contributed by atoms with E-state index in [0.717, 1.165) is 160 Å². The largest absolute Gasteiger partial charge is 0.381 e. The Kier molecular flexibility index (Phi) is 12.3. The summed E-state index contributed by atoms with van der Waals surface area (Å²) in [5.74, 6) is 0. The van der Waals surface area contributed by atoms with Gasteiger partial charge in [0, 0.05) is 76.5 Å². The lowest BCUT2D eigenvalue weighted by Crippen LogP contribution is -2.57. The van der Waals surface area contributed by atoms with E-state index in [0.29, 0.717) is 0 Å². The molecule has 12 heteroatoms. The zero-order valence-electron chi connectivity index (χ0n) is 34.1. The first kappa shape index (κ1) is 40.4. The normalized spacial score (nSPS) is 19.0. The van der Waals surface area contributed by atoms with Crippen molar-refractivity contribution in [1.82, 2.24) is 19.8 Å². The summed E-state index contributed by atoms with van der Waals surface area (Å²) < 4.78 is 26.0. The molecule has 4 fully saturated rings. The summed E-state index contributed by atoms with van der Waals surface area (Å²) >= 11 is 8.30. The number of H-pyrrole nitrogens is 2. The van der Waals surface area contributed by atoms with Crippen molar-refractivity contribution in [1.29, 1.82) is 0 Å². The molecule has 0 radical (unpaired) electrons. The Morgan fingerprint density at radius 3 is 1.25 bits per heavy atom. The maximum atomic E-state index is 6.12. The molecule has 0 amide bonds. The number of hydrogen-bond donors (Lipinski definition) is 2. The lowest BCUT2D eigenvalue weighted by Gasteiger charge is -2.49. The molecule has 314 valence electrons. The summed E-state index contributed by atoms with van der Waals surface area (Å²) in [7, 11) is 0. The van der Waals surface area contributed by atoms with Crippen LogP contribution in [0.2, 0.25) is 0 Å². The maximum Gasteiger partial charge on any atom is 0.0822 e. The van der Waals surface area contributed by atoms with E-state index >= 15 is 0 Å². The Morgan fingerprint density at radius 2 is 0.867 bits per heavy atom. The number of halogens is 2. The van der Waals surface area contributed by atoms with Gasteiger partial charge in [0.25, 0.3) is 0 Å². The van der Waals surface area contributed by atoms with Gasteiger partial charge in [-0.1, -0.05) is 60.7 Å². The van der Waals surface area contributed by atoms with Crippen LogP contribution in [-0.2, 0) is 32.0 Å². The van der Waals surface area contributed by atoms with Gasteiger partial charge in [0.1, 0.15) is 0 Å². The van der Waals surface area contributed by atoms with Crippen molar-refractivity contribution >= 4 is 65.0 Å². The molecule has 2 N–H and O–H groups in total. The van der Waals surface area contributed by atoms with E-state index in [2.05, 4.69) is 147 Å². The van der Waals surface area contributed by atoms with Crippen LogP contribution >= 0.6 is 31.9 Å². The zero-order chi connectivity index (χ0) is 40.4. The topological polar surface area (TPSA) is 81.5 Å². The average Bonchev–Trinajstić information content (AvgIpc) is 3.82. The van der Waals surface area contributed by atoms with Crippen molar-refractivity contribution < 1.29 is 18.9 Å². The molecule has 0 unspecified atom stereocenters. The number of aromatic nitrogens is 2. The first-order chi connectivity index (χ1) is 29.6. The van der Waals surface area contributed by atoms with E-state index in [9.17, 15) is 0 Å². The highest BCUT2D eigenvalue weighted by Crippen LogP contribution is 2.46. The van der Waals surface area contributed by atoms with Crippen LogP contribution in [-0.4, -0.2) is 111 Å². The lowest BCUT2D eigenvalue weighted by molar-refractivity contribution is 0.0341. The molecule has 4 aromatic carbocycles. The number of nitrogens with one attached hydrogen (secondary N) is 2. The molecule has 60 heavy (non-hydrogen) atoms. The van der Waals surface area contributed by atoms with Gasteiger partial charge in [-0.25, -0.2) is 0 Å². The molecule has 4 aliphatic heterocycles. The molecular formula is C48H54Br2N6O4. The number of aromatic amines is 2. The minimum Gasteiger partial charge on any atom is -0.381 e. The van der Waals surface area contributed by atoms with Gasteiger partial charge in [-0.15, -0.1) is 0 Å². The summed E-state index contributed by atoms with van der Waals surface area (Å²) in [6.07, 6.45) is 3.68. The summed E-state index contributed by atoms with van der Waals surface area (Å²) in [6, 6.07) is 31.5. The zero-order valence-corrected chi connectivity index (χ0v) is 37.3. The molecule has 2 aromatic heterocycles. The van der Waals surface area contributed by atoms with Crippen LogP contribution in [0.1, 0.15) is 36.8 Å². The molecule has 0 bridgehead atoms. The fourth-order valence-corrected chi connectivity index (χ4v) is 10.9. The van der Waals surface area contributed by atoms with Gasteiger partial charge in [0.15, 0.2) is 0 Å². The maximum absolute atomic E-state index is 6.12. The van der Waals surface area contributed by atoms with Gasteiger partial charge < -0.3 is 28.9 Å². The van der Waals surface area contributed by atoms with Gasteiger partial charge in [-0.3, -0.25) is 19.8 Å². The standard InChI is InChI=1S/C48H54Br2N6O4/c49-43-39-27-33(31-53-15-23-59-24-16-53)29-41(47(39)51-45(43)35-7-3-1-4-8-35)55(37-11-19-57-20-12-37)56(38-13-21-58-22-14-38)42-30-34(32-54-17-25-60-26-18-54)28-40-44(50)46(52-48(40)42)36-9-5-2-6-10-36/h1-10,27-30,37-38,51-52H,11-26,31-32H2. The minimum atomic E-state index is 0.190. The fraction of sp³-hybridized carbons (Fsp3) is 0.417. The second-order valence-corrected chi connectivity index (χ2v) is 18.2. The van der Waals surface area contributed by atoms with Gasteiger partial charge in [-0.05, 0) is 104 Å². The Balaban J connectivity index is 1.22. The highest BCUT2D eigenvalue weighted by atomic mass is 79.9. The molecule has 6 aromatic rings. The van der Waals surface area contributed by atoms with E-state index in [1.54, 1.807) is 0 Å². The third-order valence-corrected chi connectivity index (χ3v) is 14.4. The minimum absolute atomic E-state index is 0.190. The predicted molar refractivity (Wildman–Crippen MR) is 248 cm³/mol. The second-order valence-electron chi connectivity index (χ2n) is 16.6. The van der Waals surface area contributed by atoms with E-state index in [-0.39, 0.29) is 12.1 Å². The van der Waals surface area contributed by atoms with E-state index in [1.807, 2.05) is 0 Å². The fourth-order valence-electron chi connectivity index (χ4n) is 9.63. The summed E-state index contributed by atoms with van der Waals surface area (Å²) in [5.41, 5.74) is 11.7. The molecule has 0 saturated carbocycles. The number of nitrogens with zero attached hydrogens (tertiary/aromatic N) is 4. The highest BCUT2D eigenvalue weighted by molar-refractivity contribution is 9.11. The molecule has 10 rings (SSSR count). The molecule has 0 atom stereocenters. The van der Waals surface area contributed by atoms with E-state index in [4.69, 9.17) is 18.9 Å².